The molecule has 4 aliphatic rings. The molecule has 2 aromatic rings. The fourth-order valence-electron chi connectivity index (χ4n) is 6.66. The van der Waals surface area contributed by atoms with Crippen LogP contribution in [0.25, 0.3) is 0 Å². The normalized spacial score (nSPS) is 27.5. The molecule has 4 heterocycles. The Hall–Kier alpha value is -1.99. The maximum atomic E-state index is 13.9. The van der Waals surface area contributed by atoms with Crippen molar-refractivity contribution in [1.82, 2.24) is 5.16 Å². The highest BCUT2D eigenvalue weighted by Crippen LogP contribution is 2.42. The molecule has 2 bridgehead atoms. The molecule has 7 heteroatoms. The van der Waals surface area contributed by atoms with E-state index >= 15 is 0 Å². The number of halogens is 1. The average molecular weight is 546 g/mol. The van der Waals surface area contributed by atoms with Crippen LogP contribution < -0.4 is 17.0 Å². The third-order valence-electron chi connectivity index (χ3n) is 8.54. The minimum Gasteiger partial charge on any atom is -1.00 e. The van der Waals surface area contributed by atoms with Crippen LogP contribution in [0.2, 0.25) is 0 Å². The number of ether oxygens (including phenoxy) is 1. The maximum absolute atomic E-state index is 13.9. The first-order chi connectivity index (χ1) is 16.5. The molecule has 0 amide bonds. The lowest BCUT2D eigenvalue weighted by Crippen LogP contribution is -3.00. The fraction of sp³-hybridized carbons (Fsp3) is 0.607. The molecule has 0 spiro atoms. The number of ketones is 1. The Balaban J connectivity index is 0.00000289. The highest BCUT2D eigenvalue weighted by molar-refractivity contribution is 5.83. The summed E-state index contributed by atoms with van der Waals surface area (Å²) in [7, 11) is 0. The molecular formula is C28H37BrN2O4. The zero-order valence-electron chi connectivity index (χ0n) is 20.7. The van der Waals surface area contributed by atoms with Crippen molar-refractivity contribution in [2.75, 3.05) is 26.2 Å². The highest BCUT2D eigenvalue weighted by atomic mass is 79.9. The first-order valence-electron chi connectivity index (χ1n) is 13.0. The van der Waals surface area contributed by atoms with E-state index in [4.69, 9.17) is 9.26 Å². The molecule has 3 aliphatic heterocycles. The molecule has 1 aromatic carbocycles. The summed E-state index contributed by atoms with van der Waals surface area (Å²) >= 11 is 0. The van der Waals surface area contributed by atoms with Gasteiger partial charge in [-0.1, -0.05) is 61.2 Å². The Morgan fingerprint density at radius 1 is 1.09 bits per heavy atom. The van der Waals surface area contributed by atoms with Crippen molar-refractivity contribution < 1.29 is 40.3 Å². The van der Waals surface area contributed by atoms with E-state index in [-0.39, 0.29) is 34.8 Å². The summed E-state index contributed by atoms with van der Waals surface area (Å²) in [5.41, 5.74) is 1.27. The zero-order chi connectivity index (χ0) is 23.6. The van der Waals surface area contributed by atoms with Crippen LogP contribution in [-0.4, -0.2) is 53.7 Å². The standard InChI is InChI=1S/C28H37N2O4.BrH/c1-21-17-24(29-34-21)18-25(31)19-30-15-11-22(12-16-30)26(20-30)33-27(32)28(13-7-2-3-8-14-28)23-9-5-4-6-10-23;/h4-6,9-10,17,22,26H,2-3,7-8,11-16,18-20H2,1H3;1H/q+1;/p-1/t22?,26-,30?;/m0./s1. The average Bonchev–Trinajstić information content (AvgIpc) is 3.09. The first kappa shape index (κ1) is 26.1. The van der Waals surface area contributed by atoms with Crippen LogP contribution in [0.4, 0.5) is 0 Å². The van der Waals surface area contributed by atoms with E-state index in [1.54, 1.807) is 0 Å². The molecule has 1 saturated carbocycles. The van der Waals surface area contributed by atoms with Gasteiger partial charge in [-0.25, -0.2) is 0 Å². The van der Waals surface area contributed by atoms with Crippen molar-refractivity contribution in [2.45, 2.75) is 76.2 Å². The molecule has 0 unspecified atom stereocenters. The van der Waals surface area contributed by atoms with Gasteiger partial charge in [-0.05, 0) is 25.3 Å². The summed E-state index contributed by atoms with van der Waals surface area (Å²) < 4.78 is 12.3. The van der Waals surface area contributed by atoms with Crippen LogP contribution in [0.5, 0.6) is 0 Å². The van der Waals surface area contributed by atoms with Crippen molar-refractivity contribution >= 4 is 11.8 Å². The summed E-state index contributed by atoms with van der Waals surface area (Å²) in [4.78, 5) is 26.8. The number of esters is 1. The molecule has 35 heavy (non-hydrogen) atoms. The molecule has 1 aromatic heterocycles. The van der Waals surface area contributed by atoms with Gasteiger partial charge in [0.05, 0.1) is 30.6 Å². The Morgan fingerprint density at radius 3 is 2.40 bits per heavy atom. The van der Waals surface area contributed by atoms with Crippen molar-refractivity contribution in [3.63, 3.8) is 0 Å². The number of aromatic nitrogens is 1. The van der Waals surface area contributed by atoms with Crippen molar-refractivity contribution in [3.05, 3.63) is 53.4 Å². The molecule has 4 fully saturated rings. The Kier molecular flexibility index (Phi) is 8.16. The number of quaternary nitrogens is 1. The van der Waals surface area contributed by atoms with Gasteiger partial charge in [-0.3, -0.25) is 9.59 Å². The number of aryl methyl sites for hydroxylation is 1. The van der Waals surface area contributed by atoms with Gasteiger partial charge >= 0.3 is 5.97 Å². The molecule has 190 valence electrons. The van der Waals surface area contributed by atoms with E-state index < -0.39 is 5.41 Å². The van der Waals surface area contributed by atoms with E-state index in [1.807, 2.05) is 31.2 Å². The molecule has 1 atom stereocenters. The van der Waals surface area contributed by atoms with E-state index in [0.717, 1.165) is 74.0 Å². The summed E-state index contributed by atoms with van der Waals surface area (Å²) in [6.07, 6.45) is 8.47. The highest BCUT2D eigenvalue weighted by Gasteiger charge is 2.50. The summed E-state index contributed by atoms with van der Waals surface area (Å²) in [6.45, 7) is 5.06. The van der Waals surface area contributed by atoms with Crippen LogP contribution in [0.1, 0.15) is 68.4 Å². The molecule has 6 rings (SSSR count). The summed E-state index contributed by atoms with van der Waals surface area (Å²) in [6, 6.07) is 12.1. The number of nitrogens with zero attached hydrogens (tertiary/aromatic N) is 2. The lowest BCUT2D eigenvalue weighted by atomic mass is 9.74. The van der Waals surface area contributed by atoms with Gasteiger partial charge in [0.15, 0.2) is 11.9 Å². The molecule has 0 radical (unpaired) electrons. The van der Waals surface area contributed by atoms with Crippen LogP contribution in [0.15, 0.2) is 40.9 Å². The van der Waals surface area contributed by atoms with Gasteiger partial charge in [-0.2, -0.15) is 0 Å². The first-order valence-corrected chi connectivity index (χ1v) is 13.0. The Bertz CT molecular complexity index is 1000. The van der Waals surface area contributed by atoms with Gasteiger partial charge in [0, 0.05) is 24.8 Å². The number of benzene rings is 1. The van der Waals surface area contributed by atoms with E-state index in [0.29, 0.717) is 24.6 Å². The van der Waals surface area contributed by atoms with Crippen LogP contribution in [-0.2, 0) is 26.2 Å². The quantitative estimate of drug-likeness (QED) is 0.300. The number of carbonyl (C=O) groups excluding carboxylic acids is 2. The number of hydrogen-bond acceptors (Lipinski definition) is 5. The molecule has 3 saturated heterocycles. The number of carbonyl (C=O) groups is 2. The lowest BCUT2D eigenvalue weighted by molar-refractivity contribution is -0.939. The van der Waals surface area contributed by atoms with Crippen LogP contribution >= 0.6 is 0 Å². The Morgan fingerprint density at radius 2 is 1.77 bits per heavy atom. The van der Waals surface area contributed by atoms with Gasteiger partial charge < -0.3 is 30.7 Å². The van der Waals surface area contributed by atoms with Gasteiger partial charge in [0.2, 0.25) is 0 Å². The monoisotopic (exact) mass is 544 g/mol. The number of rotatable bonds is 7. The van der Waals surface area contributed by atoms with E-state index in [9.17, 15) is 9.59 Å². The van der Waals surface area contributed by atoms with E-state index in [1.165, 1.54) is 12.8 Å². The lowest BCUT2D eigenvalue weighted by Gasteiger charge is -2.52. The zero-order valence-corrected chi connectivity index (χ0v) is 22.3. The predicted octanol–water partition coefficient (Wildman–Crippen LogP) is 1.54. The number of hydrogen-bond donors (Lipinski definition) is 0. The molecule has 1 aliphatic carbocycles. The molecule has 0 N–H and O–H groups in total. The largest absolute Gasteiger partial charge is 1.00 e. The van der Waals surface area contributed by atoms with Gasteiger partial charge in [0.1, 0.15) is 18.8 Å². The third-order valence-corrected chi connectivity index (χ3v) is 8.54. The van der Waals surface area contributed by atoms with Gasteiger partial charge in [0.25, 0.3) is 0 Å². The molecular weight excluding hydrogens is 508 g/mol. The number of Topliss-reactive ketones (excluding diaryl/α,β-unsaturated/α-hetero) is 1. The minimum atomic E-state index is -0.532. The summed E-state index contributed by atoms with van der Waals surface area (Å²) in [5, 5.41) is 3.99. The second-order valence-corrected chi connectivity index (χ2v) is 10.9. The SMILES string of the molecule is Cc1cc(CC(=O)C[N+]23CCC(CC2)[C@@H](OC(=O)C2(c4ccccc4)CCCCCC2)C3)no1.[Br-]. The van der Waals surface area contributed by atoms with Crippen LogP contribution in [0, 0.1) is 12.8 Å². The van der Waals surface area contributed by atoms with E-state index in [2.05, 4.69) is 17.3 Å². The third kappa shape index (κ3) is 5.56. The van der Waals surface area contributed by atoms with Gasteiger partial charge in [-0.15, -0.1) is 0 Å². The smallest absolute Gasteiger partial charge is 0.317 e. The Labute approximate surface area is 218 Å². The molecule has 6 nitrogen and oxygen atoms in total. The van der Waals surface area contributed by atoms with Crippen molar-refractivity contribution in [2.24, 2.45) is 5.92 Å². The van der Waals surface area contributed by atoms with Crippen molar-refractivity contribution in [1.29, 1.82) is 0 Å². The minimum absolute atomic E-state index is 0. The van der Waals surface area contributed by atoms with Crippen LogP contribution in [0.3, 0.4) is 0 Å². The number of fused-ring (bicyclic) bond motifs is 3. The predicted molar refractivity (Wildman–Crippen MR) is 128 cm³/mol. The second kappa shape index (κ2) is 11.0. The maximum Gasteiger partial charge on any atom is 0.317 e. The second-order valence-electron chi connectivity index (χ2n) is 10.9. The topological polar surface area (TPSA) is 69.4 Å². The summed E-state index contributed by atoms with van der Waals surface area (Å²) in [5.74, 6) is 1.28. The number of piperidine rings is 3. The van der Waals surface area contributed by atoms with Crippen molar-refractivity contribution in [3.8, 4) is 0 Å². The fourth-order valence-corrected chi connectivity index (χ4v) is 6.66.